The molecular weight excluding hydrogens is 254 g/mol. The molecule has 0 aromatic heterocycles. The first kappa shape index (κ1) is 16.7. The molecule has 0 aliphatic carbocycles. The summed E-state index contributed by atoms with van der Waals surface area (Å²) in [5.41, 5.74) is 2.77. The summed E-state index contributed by atoms with van der Waals surface area (Å²) in [7, 11) is 0. The van der Waals surface area contributed by atoms with E-state index in [9.17, 15) is 9.59 Å². The van der Waals surface area contributed by atoms with Gasteiger partial charge in [-0.25, -0.2) is 5.43 Å². The van der Waals surface area contributed by atoms with Gasteiger partial charge >= 0.3 is 0 Å². The highest BCUT2D eigenvalue weighted by atomic mass is 16.2. The fourth-order valence-electron chi connectivity index (χ4n) is 2.20. The van der Waals surface area contributed by atoms with E-state index in [1.807, 2.05) is 0 Å². The Bertz CT molecular complexity index is 340. The molecule has 0 radical (unpaired) electrons. The van der Waals surface area contributed by atoms with Crippen LogP contribution < -0.4 is 10.7 Å². The molecule has 0 aromatic rings. The maximum absolute atomic E-state index is 11.7. The van der Waals surface area contributed by atoms with Gasteiger partial charge in [0.1, 0.15) is 5.71 Å². The number of hydrazone groups is 1. The van der Waals surface area contributed by atoms with E-state index in [2.05, 4.69) is 22.8 Å². The number of nitrogens with one attached hydrogen (secondary N) is 2. The molecular formula is C15H27N3O2. The van der Waals surface area contributed by atoms with Gasteiger partial charge in [-0.3, -0.25) is 9.59 Å². The fourth-order valence-corrected chi connectivity index (χ4v) is 2.20. The first-order valence-electron chi connectivity index (χ1n) is 7.87. The lowest BCUT2D eigenvalue weighted by Crippen LogP contribution is -2.37. The molecule has 2 N–H and O–H groups in total. The average molecular weight is 281 g/mol. The zero-order chi connectivity index (χ0) is 14.6. The van der Waals surface area contributed by atoms with Gasteiger partial charge in [-0.2, -0.15) is 5.10 Å². The topological polar surface area (TPSA) is 70.6 Å². The predicted molar refractivity (Wildman–Crippen MR) is 80.4 cm³/mol. The van der Waals surface area contributed by atoms with E-state index < -0.39 is 0 Å². The quantitative estimate of drug-likeness (QED) is 0.604. The van der Waals surface area contributed by atoms with E-state index in [1.54, 1.807) is 0 Å². The molecule has 0 fully saturated rings. The molecule has 1 aliphatic heterocycles. The van der Waals surface area contributed by atoms with Crippen LogP contribution in [0.15, 0.2) is 5.10 Å². The number of amides is 2. The second-order valence-corrected chi connectivity index (χ2v) is 5.32. The lowest BCUT2D eigenvalue weighted by Gasteiger charge is -2.11. The summed E-state index contributed by atoms with van der Waals surface area (Å²) in [4.78, 5) is 22.6. The molecule has 1 rings (SSSR count). The van der Waals surface area contributed by atoms with Crippen LogP contribution in [0.5, 0.6) is 0 Å². The Morgan fingerprint density at radius 1 is 1.10 bits per heavy atom. The van der Waals surface area contributed by atoms with Crippen molar-refractivity contribution in [3.05, 3.63) is 0 Å². The van der Waals surface area contributed by atoms with Gasteiger partial charge in [0, 0.05) is 19.4 Å². The maximum atomic E-state index is 11.7. The van der Waals surface area contributed by atoms with Crippen LogP contribution in [0.2, 0.25) is 0 Å². The minimum Gasteiger partial charge on any atom is -0.351 e. The van der Waals surface area contributed by atoms with Crippen LogP contribution in [0.25, 0.3) is 0 Å². The lowest BCUT2D eigenvalue weighted by atomic mass is 10.1. The monoisotopic (exact) mass is 281 g/mol. The molecule has 0 spiro atoms. The Kier molecular flexibility index (Phi) is 8.67. The molecule has 0 bridgehead atoms. The Labute approximate surface area is 121 Å². The highest BCUT2D eigenvalue weighted by molar-refractivity contribution is 6.39. The third-order valence-corrected chi connectivity index (χ3v) is 3.48. The summed E-state index contributed by atoms with van der Waals surface area (Å²) >= 11 is 0. The zero-order valence-corrected chi connectivity index (χ0v) is 12.5. The summed E-state index contributed by atoms with van der Waals surface area (Å²) in [6.45, 7) is 2.92. The van der Waals surface area contributed by atoms with Crippen LogP contribution >= 0.6 is 0 Å². The molecule has 1 aliphatic rings. The number of carbonyl (C=O) groups excluding carboxylic acids is 2. The van der Waals surface area contributed by atoms with E-state index in [4.69, 9.17) is 0 Å². The first-order valence-corrected chi connectivity index (χ1v) is 7.87. The molecule has 1 heterocycles. The molecule has 0 saturated carbocycles. The van der Waals surface area contributed by atoms with Crippen LogP contribution in [0, 0.1) is 0 Å². The van der Waals surface area contributed by atoms with Crippen molar-refractivity contribution in [3.8, 4) is 0 Å². The molecule has 0 atom stereocenters. The summed E-state index contributed by atoms with van der Waals surface area (Å²) in [6.07, 6.45) is 10.8. The number of carbonyl (C=O) groups is 2. The highest BCUT2D eigenvalue weighted by Gasteiger charge is 2.17. The van der Waals surface area contributed by atoms with Crippen molar-refractivity contribution in [1.82, 2.24) is 10.7 Å². The van der Waals surface area contributed by atoms with Gasteiger partial charge in [0.2, 0.25) is 5.91 Å². The third kappa shape index (κ3) is 7.26. The van der Waals surface area contributed by atoms with Crippen LogP contribution in [0.1, 0.15) is 71.1 Å². The second kappa shape index (κ2) is 10.4. The van der Waals surface area contributed by atoms with Gasteiger partial charge in [0.05, 0.1) is 0 Å². The van der Waals surface area contributed by atoms with Gasteiger partial charge in [0.15, 0.2) is 0 Å². The fraction of sp³-hybridized carbons (Fsp3) is 0.800. The van der Waals surface area contributed by atoms with Gasteiger partial charge in [-0.15, -0.1) is 0 Å². The van der Waals surface area contributed by atoms with E-state index >= 15 is 0 Å². The molecule has 0 saturated heterocycles. The lowest BCUT2D eigenvalue weighted by molar-refractivity contribution is -0.121. The smallest absolute Gasteiger partial charge is 0.267 e. The molecule has 114 valence electrons. The van der Waals surface area contributed by atoms with E-state index in [0.29, 0.717) is 25.1 Å². The van der Waals surface area contributed by atoms with Crippen LogP contribution in [0.3, 0.4) is 0 Å². The van der Waals surface area contributed by atoms with Crippen molar-refractivity contribution >= 4 is 17.5 Å². The molecule has 0 unspecified atom stereocenters. The minimum atomic E-state index is -0.145. The van der Waals surface area contributed by atoms with Crippen molar-refractivity contribution in [2.75, 3.05) is 6.54 Å². The molecule has 0 aromatic carbocycles. The Hall–Kier alpha value is -1.39. The molecule has 20 heavy (non-hydrogen) atoms. The third-order valence-electron chi connectivity index (χ3n) is 3.48. The number of rotatable bonds is 10. The number of hydrogen-bond donors (Lipinski definition) is 2. The highest BCUT2D eigenvalue weighted by Crippen LogP contribution is 2.08. The van der Waals surface area contributed by atoms with Crippen LogP contribution in [-0.4, -0.2) is 24.1 Å². The molecule has 5 nitrogen and oxygen atoms in total. The van der Waals surface area contributed by atoms with E-state index in [1.165, 1.54) is 38.5 Å². The average Bonchev–Trinajstić information content (AvgIpc) is 2.46. The largest absolute Gasteiger partial charge is 0.351 e. The minimum absolute atomic E-state index is 0.121. The summed E-state index contributed by atoms with van der Waals surface area (Å²) < 4.78 is 0. The van der Waals surface area contributed by atoms with E-state index in [0.717, 1.165) is 12.8 Å². The summed E-state index contributed by atoms with van der Waals surface area (Å²) in [5, 5.41) is 6.63. The van der Waals surface area contributed by atoms with Crippen molar-refractivity contribution in [3.63, 3.8) is 0 Å². The SMILES string of the molecule is CCCCCCCCCCNC(=O)C1=NNC(=O)CC1. The maximum Gasteiger partial charge on any atom is 0.267 e. The standard InChI is InChI=1S/C15H27N3O2/c1-2-3-4-5-6-7-8-9-12-16-15(20)13-10-11-14(19)18-17-13/h2-12H2,1H3,(H,16,20)(H,18,19). The second-order valence-electron chi connectivity index (χ2n) is 5.32. The summed E-state index contributed by atoms with van der Waals surface area (Å²) in [6, 6.07) is 0. The Morgan fingerprint density at radius 2 is 1.75 bits per heavy atom. The van der Waals surface area contributed by atoms with Crippen molar-refractivity contribution < 1.29 is 9.59 Å². The normalized spacial score (nSPS) is 14.7. The van der Waals surface area contributed by atoms with Crippen molar-refractivity contribution in [2.24, 2.45) is 5.10 Å². The van der Waals surface area contributed by atoms with Gasteiger partial charge < -0.3 is 5.32 Å². The van der Waals surface area contributed by atoms with Crippen LogP contribution in [-0.2, 0) is 9.59 Å². The van der Waals surface area contributed by atoms with Crippen molar-refractivity contribution in [2.45, 2.75) is 71.1 Å². The van der Waals surface area contributed by atoms with Gasteiger partial charge in [-0.05, 0) is 6.42 Å². The van der Waals surface area contributed by atoms with E-state index in [-0.39, 0.29) is 11.8 Å². The van der Waals surface area contributed by atoms with Gasteiger partial charge in [0.25, 0.3) is 5.91 Å². The Balaban J connectivity index is 1.96. The first-order chi connectivity index (χ1) is 9.74. The zero-order valence-electron chi connectivity index (χ0n) is 12.5. The van der Waals surface area contributed by atoms with Crippen molar-refractivity contribution in [1.29, 1.82) is 0 Å². The van der Waals surface area contributed by atoms with Gasteiger partial charge in [-0.1, -0.05) is 51.9 Å². The number of hydrogen-bond acceptors (Lipinski definition) is 3. The predicted octanol–water partition coefficient (Wildman–Crippen LogP) is 2.51. The van der Waals surface area contributed by atoms with Crippen LogP contribution in [0.4, 0.5) is 0 Å². The number of unbranched alkanes of at least 4 members (excludes halogenated alkanes) is 7. The molecule has 2 amide bonds. The molecule has 5 heteroatoms. The number of nitrogens with zero attached hydrogens (tertiary/aromatic N) is 1. The summed E-state index contributed by atoms with van der Waals surface area (Å²) in [5.74, 6) is -0.266. The Morgan fingerprint density at radius 3 is 2.35 bits per heavy atom.